The Morgan fingerprint density at radius 1 is 1.18 bits per heavy atom. The molecule has 2 aromatic carbocycles. The summed E-state index contributed by atoms with van der Waals surface area (Å²) < 4.78 is 1.06. The first-order valence-electron chi connectivity index (χ1n) is 6.56. The minimum Gasteiger partial charge on any atom is -0.368 e. The standard InChI is InChI=1S/C16H14ClIN2O2/c17-12-6-4-11(5-7-12)16(22)20-14(15(19)21)9-10-2-1-3-13(18)8-10/h1-8,14H,9H2,(H2,19,21)(H,20,22)/t14-/m0/s1. The van der Waals surface area contributed by atoms with Crippen molar-refractivity contribution in [3.63, 3.8) is 0 Å². The molecule has 0 fully saturated rings. The Morgan fingerprint density at radius 3 is 2.45 bits per heavy atom. The molecule has 2 aromatic rings. The van der Waals surface area contributed by atoms with E-state index in [1.165, 1.54) is 0 Å². The molecule has 0 aromatic heterocycles. The summed E-state index contributed by atoms with van der Waals surface area (Å²) in [6.45, 7) is 0. The molecule has 0 aliphatic heterocycles. The van der Waals surface area contributed by atoms with Crippen LogP contribution in [-0.2, 0) is 11.2 Å². The summed E-state index contributed by atoms with van der Waals surface area (Å²) in [6.07, 6.45) is 0.353. The number of amides is 2. The monoisotopic (exact) mass is 428 g/mol. The number of hydrogen-bond acceptors (Lipinski definition) is 2. The van der Waals surface area contributed by atoms with E-state index in [1.54, 1.807) is 24.3 Å². The van der Waals surface area contributed by atoms with E-state index in [0.717, 1.165) is 9.13 Å². The van der Waals surface area contributed by atoms with E-state index in [9.17, 15) is 9.59 Å². The number of primary amides is 1. The van der Waals surface area contributed by atoms with Crippen molar-refractivity contribution in [3.8, 4) is 0 Å². The van der Waals surface area contributed by atoms with Crippen molar-refractivity contribution in [2.75, 3.05) is 0 Å². The molecule has 0 bridgehead atoms. The van der Waals surface area contributed by atoms with Crippen LogP contribution in [0, 0.1) is 3.57 Å². The zero-order valence-electron chi connectivity index (χ0n) is 11.6. The van der Waals surface area contributed by atoms with Crippen molar-refractivity contribution in [2.24, 2.45) is 5.73 Å². The molecule has 0 aliphatic carbocycles. The second kappa shape index (κ2) is 7.60. The van der Waals surface area contributed by atoms with Gasteiger partial charge < -0.3 is 11.1 Å². The van der Waals surface area contributed by atoms with Gasteiger partial charge in [-0.2, -0.15) is 0 Å². The van der Waals surface area contributed by atoms with Crippen molar-refractivity contribution in [3.05, 3.63) is 68.3 Å². The lowest BCUT2D eigenvalue weighted by Gasteiger charge is -2.16. The molecule has 6 heteroatoms. The third kappa shape index (κ3) is 4.71. The van der Waals surface area contributed by atoms with Gasteiger partial charge in [0.25, 0.3) is 5.91 Å². The fourth-order valence-electron chi connectivity index (χ4n) is 1.97. The summed E-state index contributed by atoms with van der Waals surface area (Å²) in [7, 11) is 0. The first-order valence-corrected chi connectivity index (χ1v) is 8.01. The van der Waals surface area contributed by atoms with Crippen LogP contribution in [0.15, 0.2) is 48.5 Å². The van der Waals surface area contributed by atoms with Gasteiger partial charge >= 0.3 is 0 Å². The van der Waals surface area contributed by atoms with Crippen LogP contribution in [-0.4, -0.2) is 17.9 Å². The number of halogens is 2. The van der Waals surface area contributed by atoms with E-state index in [4.69, 9.17) is 17.3 Å². The van der Waals surface area contributed by atoms with E-state index in [1.807, 2.05) is 24.3 Å². The fourth-order valence-corrected chi connectivity index (χ4v) is 2.70. The quantitative estimate of drug-likeness (QED) is 0.719. The summed E-state index contributed by atoms with van der Waals surface area (Å²) in [5.41, 5.74) is 6.76. The fraction of sp³-hybridized carbons (Fsp3) is 0.125. The van der Waals surface area contributed by atoms with Crippen molar-refractivity contribution in [1.82, 2.24) is 5.32 Å². The van der Waals surface area contributed by atoms with Gasteiger partial charge in [-0.3, -0.25) is 9.59 Å². The largest absolute Gasteiger partial charge is 0.368 e. The maximum Gasteiger partial charge on any atom is 0.251 e. The number of carbonyl (C=O) groups excluding carboxylic acids is 2. The molecule has 2 rings (SSSR count). The molecule has 114 valence electrons. The van der Waals surface area contributed by atoms with Crippen LogP contribution in [0.25, 0.3) is 0 Å². The van der Waals surface area contributed by atoms with Gasteiger partial charge in [-0.25, -0.2) is 0 Å². The highest BCUT2D eigenvalue weighted by Gasteiger charge is 2.19. The topological polar surface area (TPSA) is 72.2 Å². The van der Waals surface area contributed by atoms with E-state index in [-0.39, 0.29) is 5.91 Å². The zero-order chi connectivity index (χ0) is 16.1. The van der Waals surface area contributed by atoms with Crippen LogP contribution in [0.1, 0.15) is 15.9 Å². The third-order valence-corrected chi connectivity index (χ3v) is 4.01. The molecule has 3 N–H and O–H groups in total. The van der Waals surface area contributed by atoms with Gasteiger partial charge in [0.2, 0.25) is 5.91 Å². The van der Waals surface area contributed by atoms with Crippen molar-refractivity contribution in [1.29, 1.82) is 0 Å². The Morgan fingerprint density at radius 2 is 1.86 bits per heavy atom. The summed E-state index contributed by atoms with van der Waals surface area (Å²) in [4.78, 5) is 23.8. The second-order valence-electron chi connectivity index (χ2n) is 4.77. The molecular weight excluding hydrogens is 415 g/mol. The normalized spacial score (nSPS) is 11.7. The molecule has 0 saturated carbocycles. The molecule has 0 unspecified atom stereocenters. The lowest BCUT2D eigenvalue weighted by molar-refractivity contribution is -0.119. The van der Waals surface area contributed by atoms with Gasteiger partial charge in [0.05, 0.1) is 0 Å². The molecule has 0 saturated heterocycles. The van der Waals surface area contributed by atoms with Crippen LogP contribution < -0.4 is 11.1 Å². The number of rotatable bonds is 5. The van der Waals surface area contributed by atoms with Crippen molar-refractivity contribution < 1.29 is 9.59 Å². The highest BCUT2D eigenvalue weighted by molar-refractivity contribution is 14.1. The van der Waals surface area contributed by atoms with Crippen LogP contribution in [0.5, 0.6) is 0 Å². The molecule has 22 heavy (non-hydrogen) atoms. The van der Waals surface area contributed by atoms with Gasteiger partial charge in [0.1, 0.15) is 6.04 Å². The zero-order valence-corrected chi connectivity index (χ0v) is 14.5. The van der Waals surface area contributed by atoms with E-state index < -0.39 is 11.9 Å². The molecule has 0 spiro atoms. The van der Waals surface area contributed by atoms with E-state index >= 15 is 0 Å². The Kier molecular flexibility index (Phi) is 5.79. The average Bonchev–Trinajstić information content (AvgIpc) is 2.47. The smallest absolute Gasteiger partial charge is 0.251 e. The van der Waals surface area contributed by atoms with Gasteiger partial charge in [0.15, 0.2) is 0 Å². The maximum atomic E-state index is 12.2. The second-order valence-corrected chi connectivity index (χ2v) is 6.45. The summed E-state index contributed by atoms with van der Waals surface area (Å²) in [5, 5.41) is 3.20. The molecule has 0 radical (unpaired) electrons. The summed E-state index contributed by atoms with van der Waals surface area (Å²) in [5.74, 6) is -0.924. The molecule has 2 amide bonds. The minimum absolute atomic E-state index is 0.353. The van der Waals surface area contributed by atoms with Crippen LogP contribution in [0.2, 0.25) is 5.02 Å². The Hall–Kier alpha value is -1.60. The van der Waals surface area contributed by atoms with Gasteiger partial charge in [-0.1, -0.05) is 23.7 Å². The maximum absolute atomic E-state index is 12.2. The highest BCUT2D eigenvalue weighted by atomic mass is 127. The van der Waals surface area contributed by atoms with Gasteiger partial charge in [-0.15, -0.1) is 0 Å². The molecular formula is C16H14ClIN2O2. The molecule has 4 nitrogen and oxygen atoms in total. The highest BCUT2D eigenvalue weighted by Crippen LogP contribution is 2.12. The minimum atomic E-state index is -0.763. The lowest BCUT2D eigenvalue weighted by Crippen LogP contribution is -2.45. The SMILES string of the molecule is NC(=O)[C@H](Cc1cccc(I)c1)NC(=O)c1ccc(Cl)cc1. The number of nitrogens with one attached hydrogen (secondary N) is 1. The number of carbonyl (C=O) groups is 2. The third-order valence-electron chi connectivity index (χ3n) is 3.08. The Bertz CT molecular complexity index is 689. The summed E-state index contributed by atoms with van der Waals surface area (Å²) >= 11 is 7.98. The van der Waals surface area contributed by atoms with E-state index in [0.29, 0.717) is 17.0 Å². The van der Waals surface area contributed by atoms with Crippen LogP contribution in [0.3, 0.4) is 0 Å². The molecule has 0 aliphatic rings. The number of nitrogens with two attached hydrogens (primary N) is 1. The van der Waals surface area contributed by atoms with Crippen molar-refractivity contribution >= 4 is 46.0 Å². The predicted molar refractivity (Wildman–Crippen MR) is 94.8 cm³/mol. The predicted octanol–water partition coefficient (Wildman–Crippen LogP) is 2.77. The van der Waals surface area contributed by atoms with Crippen LogP contribution in [0.4, 0.5) is 0 Å². The van der Waals surface area contributed by atoms with Gasteiger partial charge in [-0.05, 0) is 64.6 Å². The number of benzene rings is 2. The molecule has 1 atom stereocenters. The Labute approximate surface area is 147 Å². The lowest BCUT2D eigenvalue weighted by atomic mass is 10.0. The van der Waals surface area contributed by atoms with Crippen molar-refractivity contribution in [2.45, 2.75) is 12.5 Å². The van der Waals surface area contributed by atoms with E-state index in [2.05, 4.69) is 27.9 Å². The number of hydrogen-bond donors (Lipinski definition) is 2. The average molecular weight is 429 g/mol. The van der Waals surface area contributed by atoms with Gasteiger partial charge in [0, 0.05) is 20.6 Å². The first-order chi connectivity index (χ1) is 10.5. The molecule has 0 heterocycles. The van der Waals surface area contributed by atoms with Crippen LogP contribution >= 0.6 is 34.2 Å². The first kappa shape index (κ1) is 16.8. The Balaban J connectivity index is 2.10. The summed E-state index contributed by atoms with van der Waals surface area (Å²) in [6, 6.07) is 13.4.